The molecule has 0 saturated heterocycles. The summed E-state index contributed by atoms with van der Waals surface area (Å²) in [5.74, 6) is 0. The van der Waals surface area contributed by atoms with Crippen LogP contribution in [0.4, 0.5) is 0 Å². The molecule has 0 bridgehead atoms. The van der Waals surface area contributed by atoms with Crippen LogP contribution in [0.2, 0.25) is 0 Å². The van der Waals surface area contributed by atoms with Crippen molar-refractivity contribution in [2.45, 2.75) is 6.92 Å². The average Bonchev–Trinajstić information content (AvgIpc) is 1.41. The van der Waals surface area contributed by atoms with E-state index in [0.29, 0.717) is 0 Å². The summed E-state index contributed by atoms with van der Waals surface area (Å²) < 4.78 is 0. The Morgan fingerprint density at radius 1 is 1.50 bits per heavy atom. The van der Waals surface area contributed by atoms with Gasteiger partial charge in [-0.3, -0.25) is 0 Å². The van der Waals surface area contributed by atoms with Crippen molar-refractivity contribution in [2.75, 3.05) is 0 Å². The predicted octanol–water partition coefficient (Wildman–Crippen LogP) is 1.75. The molecule has 0 saturated carbocycles. The van der Waals surface area contributed by atoms with Gasteiger partial charge < -0.3 is 0 Å². The third-order valence-corrected chi connectivity index (χ3v) is 0.329. The van der Waals surface area contributed by atoms with Crippen molar-refractivity contribution < 1.29 is 21.1 Å². The maximum absolute atomic E-state index is 3.46. The van der Waals surface area contributed by atoms with Crippen LogP contribution in [-0.2, 0) is 21.1 Å². The SMILES string of the molecule is C=CC=CC.[Pt]. The van der Waals surface area contributed by atoms with Gasteiger partial charge in [-0.15, -0.1) is 0 Å². The number of hydrogen-bond donors (Lipinski definition) is 0. The van der Waals surface area contributed by atoms with Crippen LogP contribution in [-0.4, -0.2) is 0 Å². The van der Waals surface area contributed by atoms with E-state index in [1.807, 2.05) is 19.1 Å². The summed E-state index contributed by atoms with van der Waals surface area (Å²) >= 11 is 0. The van der Waals surface area contributed by atoms with Gasteiger partial charge in [0.25, 0.3) is 0 Å². The number of allylic oxidation sites excluding steroid dienone is 3. The second-order valence-corrected chi connectivity index (χ2v) is 0.761. The molecule has 0 amide bonds. The first-order chi connectivity index (χ1) is 2.41. The van der Waals surface area contributed by atoms with Gasteiger partial charge in [-0.05, 0) is 6.92 Å². The standard InChI is InChI=1S/C5H8.Pt/c1-3-5-4-2;/h3-5H,1H2,2H3;. The van der Waals surface area contributed by atoms with Crippen molar-refractivity contribution in [3.05, 3.63) is 24.8 Å². The smallest absolute Gasteiger partial charge is 0 e. The molecule has 0 aromatic carbocycles. The second-order valence-electron chi connectivity index (χ2n) is 0.761. The third-order valence-electron chi connectivity index (χ3n) is 0.329. The molecule has 0 atom stereocenters. The molecule has 0 aliphatic heterocycles. The number of rotatable bonds is 1. The summed E-state index contributed by atoms with van der Waals surface area (Å²) in [5, 5.41) is 0. The topological polar surface area (TPSA) is 0 Å². The Kier molecular flexibility index (Phi) is 14.1. The zero-order chi connectivity index (χ0) is 4.12. The minimum Gasteiger partial charge on any atom is -0.0991 e. The van der Waals surface area contributed by atoms with Crippen LogP contribution >= 0.6 is 0 Å². The molecule has 0 aliphatic carbocycles. The Hall–Kier alpha value is 0.168. The van der Waals surface area contributed by atoms with Gasteiger partial charge in [0, 0.05) is 21.1 Å². The Morgan fingerprint density at radius 3 is 2.00 bits per heavy atom. The van der Waals surface area contributed by atoms with Crippen LogP contribution < -0.4 is 0 Å². The predicted molar refractivity (Wildman–Crippen MR) is 25.0 cm³/mol. The summed E-state index contributed by atoms with van der Waals surface area (Å²) in [4.78, 5) is 0. The second kappa shape index (κ2) is 8.95. The van der Waals surface area contributed by atoms with E-state index in [2.05, 4.69) is 6.58 Å². The Balaban J connectivity index is 0. The molecule has 0 aromatic heterocycles. The summed E-state index contributed by atoms with van der Waals surface area (Å²) in [5.41, 5.74) is 0. The molecule has 0 spiro atoms. The summed E-state index contributed by atoms with van der Waals surface area (Å²) in [6.07, 6.45) is 5.58. The van der Waals surface area contributed by atoms with Gasteiger partial charge >= 0.3 is 0 Å². The molecule has 0 nitrogen and oxygen atoms in total. The number of hydrogen-bond acceptors (Lipinski definition) is 0. The van der Waals surface area contributed by atoms with E-state index in [9.17, 15) is 0 Å². The van der Waals surface area contributed by atoms with Crippen LogP contribution in [0.15, 0.2) is 24.8 Å². The van der Waals surface area contributed by atoms with Crippen LogP contribution in [0.25, 0.3) is 0 Å². The van der Waals surface area contributed by atoms with Gasteiger partial charge in [-0.2, -0.15) is 0 Å². The van der Waals surface area contributed by atoms with Crippen LogP contribution in [0, 0.1) is 0 Å². The van der Waals surface area contributed by atoms with E-state index in [1.165, 1.54) is 0 Å². The maximum Gasteiger partial charge on any atom is 0 e. The molecule has 0 aliphatic rings. The Bertz CT molecular complexity index is 45.9. The molecule has 38 valence electrons. The molecule has 0 rings (SSSR count). The van der Waals surface area contributed by atoms with E-state index >= 15 is 0 Å². The largest absolute Gasteiger partial charge is 0.0991 e. The van der Waals surface area contributed by atoms with E-state index in [4.69, 9.17) is 0 Å². The minimum atomic E-state index is 0. The zero-order valence-electron chi connectivity index (χ0n) is 3.76. The summed E-state index contributed by atoms with van der Waals surface area (Å²) in [6.45, 7) is 5.42. The van der Waals surface area contributed by atoms with Crippen LogP contribution in [0.5, 0.6) is 0 Å². The fourth-order valence-electron chi connectivity index (χ4n) is 0.136. The van der Waals surface area contributed by atoms with Crippen LogP contribution in [0.3, 0.4) is 0 Å². The Morgan fingerprint density at radius 2 is 2.00 bits per heavy atom. The van der Waals surface area contributed by atoms with Gasteiger partial charge in [-0.1, -0.05) is 24.8 Å². The van der Waals surface area contributed by atoms with E-state index in [0.717, 1.165) is 0 Å². The van der Waals surface area contributed by atoms with Gasteiger partial charge in [0.1, 0.15) is 0 Å². The molecular weight excluding hydrogens is 255 g/mol. The first-order valence-electron chi connectivity index (χ1n) is 1.65. The molecule has 0 N–H and O–H groups in total. The summed E-state index contributed by atoms with van der Waals surface area (Å²) in [7, 11) is 0. The monoisotopic (exact) mass is 263 g/mol. The molecule has 0 heterocycles. The fraction of sp³-hybridized carbons (Fsp3) is 0.200. The van der Waals surface area contributed by atoms with Gasteiger partial charge in [0.15, 0.2) is 0 Å². The van der Waals surface area contributed by atoms with Crippen molar-refractivity contribution in [2.24, 2.45) is 0 Å². The van der Waals surface area contributed by atoms with E-state index in [-0.39, 0.29) is 21.1 Å². The van der Waals surface area contributed by atoms with Crippen molar-refractivity contribution in [1.82, 2.24) is 0 Å². The van der Waals surface area contributed by atoms with E-state index < -0.39 is 0 Å². The van der Waals surface area contributed by atoms with Crippen molar-refractivity contribution in [3.63, 3.8) is 0 Å². The minimum absolute atomic E-state index is 0. The molecule has 0 radical (unpaired) electrons. The molecule has 6 heavy (non-hydrogen) atoms. The van der Waals surface area contributed by atoms with Gasteiger partial charge in [0.05, 0.1) is 0 Å². The Labute approximate surface area is 53.2 Å². The van der Waals surface area contributed by atoms with Crippen molar-refractivity contribution in [1.29, 1.82) is 0 Å². The maximum atomic E-state index is 3.46. The quantitative estimate of drug-likeness (QED) is 0.632. The normalized spacial score (nSPS) is 7.50. The van der Waals surface area contributed by atoms with Crippen molar-refractivity contribution in [3.8, 4) is 0 Å². The first kappa shape index (κ1) is 9.48. The zero-order valence-corrected chi connectivity index (χ0v) is 6.03. The van der Waals surface area contributed by atoms with Gasteiger partial charge in [0.2, 0.25) is 0 Å². The fourth-order valence-corrected chi connectivity index (χ4v) is 0.136. The first-order valence-corrected chi connectivity index (χ1v) is 1.65. The summed E-state index contributed by atoms with van der Waals surface area (Å²) in [6, 6.07) is 0. The molecule has 1 heteroatoms. The molecule has 0 fully saturated rings. The molecule has 0 unspecified atom stereocenters. The molecule has 0 aromatic rings. The average molecular weight is 263 g/mol. The van der Waals surface area contributed by atoms with Crippen molar-refractivity contribution >= 4 is 0 Å². The van der Waals surface area contributed by atoms with E-state index in [1.54, 1.807) is 6.08 Å². The third kappa shape index (κ3) is 8.90. The molecular formula is C5H8Pt. The van der Waals surface area contributed by atoms with Crippen LogP contribution in [0.1, 0.15) is 6.92 Å². The van der Waals surface area contributed by atoms with Gasteiger partial charge in [-0.25, -0.2) is 0 Å².